The fraction of sp³-hybridized carbons (Fsp3) is 0.392. The van der Waals surface area contributed by atoms with Gasteiger partial charge in [-0.1, -0.05) is 44.6 Å². The van der Waals surface area contributed by atoms with E-state index >= 15 is 0 Å². The lowest BCUT2D eigenvalue weighted by atomic mass is 9.81. The van der Waals surface area contributed by atoms with Crippen LogP contribution in [0, 0.1) is 0 Å². The van der Waals surface area contributed by atoms with E-state index in [9.17, 15) is 54.7 Å². The van der Waals surface area contributed by atoms with Crippen molar-refractivity contribution in [2.75, 3.05) is 51.4 Å². The van der Waals surface area contributed by atoms with Gasteiger partial charge < -0.3 is 25.0 Å². The van der Waals surface area contributed by atoms with Crippen LogP contribution in [0.1, 0.15) is 98.1 Å². The highest BCUT2D eigenvalue weighted by molar-refractivity contribution is 7.86. The van der Waals surface area contributed by atoms with Crippen LogP contribution in [-0.4, -0.2) is 129 Å². The van der Waals surface area contributed by atoms with Gasteiger partial charge in [0, 0.05) is 67.0 Å². The van der Waals surface area contributed by atoms with Crippen LogP contribution in [-0.2, 0) is 55.0 Å². The fourth-order valence-corrected chi connectivity index (χ4v) is 10.6. The molecule has 1 unspecified atom stereocenters. The summed E-state index contributed by atoms with van der Waals surface area (Å²) in [6.07, 6.45) is 11.8. The second-order valence-corrected chi connectivity index (χ2v) is 21.8. The number of benzene rings is 3. The van der Waals surface area contributed by atoms with E-state index in [4.69, 9.17) is 9.47 Å². The number of carbonyl (C=O) groups excluding carboxylic acids is 6. The molecule has 0 spiro atoms. The molecular weight excluding hydrogens is 985 g/mol. The number of amides is 6. The van der Waals surface area contributed by atoms with Crippen molar-refractivity contribution >= 4 is 72.8 Å². The molecule has 5 N–H and O–H groups in total. The van der Waals surface area contributed by atoms with Crippen molar-refractivity contribution in [1.29, 1.82) is 0 Å². The zero-order valence-corrected chi connectivity index (χ0v) is 42.7. The smallest absolute Gasteiger partial charge is 0.294 e. The second-order valence-electron chi connectivity index (χ2n) is 19.0. The van der Waals surface area contributed by atoms with E-state index < -0.39 is 73.3 Å². The van der Waals surface area contributed by atoms with Crippen LogP contribution in [0.25, 0.3) is 0 Å². The number of anilines is 1. The number of ether oxygens (including phenoxy) is 2. The van der Waals surface area contributed by atoms with Gasteiger partial charge in [-0.15, -0.1) is 0 Å². The van der Waals surface area contributed by atoms with E-state index in [2.05, 4.69) is 20.9 Å². The summed E-state index contributed by atoms with van der Waals surface area (Å²) in [6.45, 7) is 8.73. The van der Waals surface area contributed by atoms with Crippen molar-refractivity contribution in [3.63, 3.8) is 0 Å². The van der Waals surface area contributed by atoms with Crippen molar-refractivity contribution in [1.82, 2.24) is 20.9 Å². The molecule has 4 heterocycles. The number of hydrogen-bond acceptors (Lipinski definition) is 13. The third kappa shape index (κ3) is 11.7. The Morgan fingerprint density at radius 2 is 1.49 bits per heavy atom. The summed E-state index contributed by atoms with van der Waals surface area (Å²) < 4.78 is 80.6. The fourth-order valence-electron chi connectivity index (χ4n) is 9.64. The molecule has 20 nitrogen and oxygen atoms in total. The average Bonchev–Trinajstić information content (AvgIpc) is 3.79. The average molecular weight is 1040 g/mol. The van der Waals surface area contributed by atoms with E-state index in [1.165, 1.54) is 42.5 Å². The van der Waals surface area contributed by atoms with Crippen LogP contribution in [0.5, 0.6) is 5.75 Å². The molecule has 1 atom stereocenters. The van der Waals surface area contributed by atoms with Gasteiger partial charge in [-0.25, -0.2) is 0 Å². The van der Waals surface area contributed by atoms with Gasteiger partial charge in [-0.3, -0.25) is 48.1 Å². The predicted octanol–water partition coefficient (Wildman–Crippen LogP) is 4.27. The van der Waals surface area contributed by atoms with Crippen molar-refractivity contribution in [3.8, 4) is 5.75 Å². The lowest BCUT2D eigenvalue weighted by Gasteiger charge is -2.27. The monoisotopic (exact) mass is 1040 g/mol. The topological polar surface area (TPSA) is 275 Å². The van der Waals surface area contributed by atoms with Crippen LogP contribution < -0.4 is 25.6 Å². The van der Waals surface area contributed by atoms with E-state index in [-0.39, 0.29) is 78.1 Å². The molecule has 22 heteroatoms. The van der Waals surface area contributed by atoms with Crippen molar-refractivity contribution in [2.24, 2.45) is 0 Å². The number of hydrogen-bond donors (Lipinski definition) is 5. The molecule has 388 valence electrons. The quantitative estimate of drug-likeness (QED) is 0.0328. The van der Waals surface area contributed by atoms with Crippen molar-refractivity contribution < 1.29 is 68.8 Å². The molecule has 73 heavy (non-hydrogen) atoms. The maximum atomic E-state index is 13.3. The molecule has 3 aromatic carbocycles. The first-order chi connectivity index (χ1) is 34.4. The number of fused-ring (bicyclic) bond motifs is 3. The molecule has 4 aliphatic rings. The first-order valence-corrected chi connectivity index (χ1v) is 26.6. The number of unbranched alkanes of at least 4 members (excludes halogenated alkanes) is 2. The molecule has 4 aliphatic heterocycles. The summed E-state index contributed by atoms with van der Waals surface area (Å²) in [5.41, 5.74) is 3.67. The highest BCUT2D eigenvalue weighted by Crippen LogP contribution is 2.49. The summed E-state index contributed by atoms with van der Waals surface area (Å²) in [7, 11) is -6.95. The van der Waals surface area contributed by atoms with Crippen LogP contribution in [0.15, 0.2) is 100 Å². The number of imide groups is 2. The highest BCUT2D eigenvalue weighted by Gasteiger charge is 2.47. The SMILES string of the molecule is C[N+]1=C(C=CC=CC=C2N(CCCCCC(=O)NCCOCCNC(=O)COc3cccc4c3C(=O)N(C3CCC(=O)NC3=O)C4=O)c3ccc(S(=O)(=O)O)cc3C2(C)C)C(C)(C)c2cc(S(=O)(=O)O)ccc21. The predicted molar refractivity (Wildman–Crippen MR) is 267 cm³/mol. The molecular formula is C51H59N6O14S2+. The molecule has 0 saturated carbocycles. The van der Waals surface area contributed by atoms with Crippen LogP contribution in [0.3, 0.4) is 0 Å². The minimum Gasteiger partial charge on any atom is -0.483 e. The highest BCUT2D eigenvalue weighted by atomic mass is 32.2. The van der Waals surface area contributed by atoms with Crippen LogP contribution in [0.2, 0.25) is 0 Å². The third-order valence-corrected chi connectivity index (χ3v) is 15.1. The third-order valence-electron chi connectivity index (χ3n) is 13.4. The molecule has 0 bridgehead atoms. The number of allylic oxidation sites excluding steroid dienone is 6. The van der Waals surface area contributed by atoms with Gasteiger partial charge in [0.1, 0.15) is 18.8 Å². The standard InChI is InChI=1S/C51H58N6O14S2/c1-50(2)35-29-32(72(64,65)66)18-20-37(35)55(5)41(50)15-8-6-9-16-42-51(3,4)36-30-33(73(67,68)69)19-21-38(36)56(42)26-11-7-10-17-43(58)52-24-27-70-28-25-53-45(60)31-71-40-14-12-13-34-46(40)49(63)57(48(34)62)39-22-23-44(59)54-47(39)61/h6,8-9,12-16,18-21,29-30,39H,7,10-11,17,22-28,31H2,1-5H3,(H4-,52,53,54,58,59,60,61,64,65,66,67,68,69)/p+1. The maximum absolute atomic E-state index is 13.3. The van der Waals surface area contributed by atoms with E-state index in [0.717, 1.165) is 38.8 Å². The van der Waals surface area contributed by atoms with Crippen molar-refractivity contribution in [3.05, 3.63) is 113 Å². The summed E-state index contributed by atoms with van der Waals surface area (Å²) in [6, 6.07) is 12.3. The van der Waals surface area contributed by atoms with Gasteiger partial charge in [-0.05, 0) is 87.2 Å². The van der Waals surface area contributed by atoms with Crippen LogP contribution >= 0.6 is 0 Å². The first kappa shape index (κ1) is 53.9. The summed E-state index contributed by atoms with van der Waals surface area (Å²) in [5, 5.41) is 7.61. The summed E-state index contributed by atoms with van der Waals surface area (Å²) in [5.74, 6) is -3.33. The number of nitrogens with one attached hydrogen (secondary N) is 3. The van der Waals surface area contributed by atoms with Gasteiger partial charge >= 0.3 is 0 Å². The number of rotatable bonds is 21. The van der Waals surface area contributed by atoms with E-state index in [0.29, 0.717) is 25.8 Å². The maximum Gasteiger partial charge on any atom is 0.294 e. The zero-order valence-electron chi connectivity index (χ0n) is 41.1. The normalized spacial score (nSPS) is 18.7. The Labute approximate surface area is 423 Å². The lowest BCUT2D eigenvalue weighted by Crippen LogP contribution is -2.54. The minimum atomic E-state index is -4.46. The van der Waals surface area contributed by atoms with Crippen molar-refractivity contribution in [2.45, 2.75) is 92.9 Å². The molecule has 0 aromatic heterocycles. The Balaban J connectivity index is 0.837. The molecule has 0 radical (unpaired) electrons. The van der Waals surface area contributed by atoms with E-state index in [1.807, 2.05) is 69.7 Å². The van der Waals surface area contributed by atoms with Crippen LogP contribution in [0.4, 0.5) is 11.4 Å². The first-order valence-electron chi connectivity index (χ1n) is 23.7. The number of piperidine rings is 1. The zero-order chi connectivity index (χ0) is 53.0. The molecule has 0 aliphatic carbocycles. The molecule has 1 fully saturated rings. The van der Waals surface area contributed by atoms with Gasteiger partial charge in [-0.2, -0.15) is 21.4 Å². The molecule has 6 amide bonds. The molecule has 1 saturated heterocycles. The second kappa shape index (κ2) is 21.7. The Morgan fingerprint density at radius 1 is 0.822 bits per heavy atom. The van der Waals surface area contributed by atoms with E-state index in [1.54, 1.807) is 12.1 Å². The Kier molecular flexibility index (Phi) is 16.0. The van der Waals surface area contributed by atoms with Gasteiger partial charge in [0.25, 0.3) is 38.0 Å². The Morgan fingerprint density at radius 3 is 2.18 bits per heavy atom. The number of carbonyl (C=O) groups is 6. The molecule has 3 aromatic rings. The lowest BCUT2D eigenvalue weighted by molar-refractivity contribution is -0.401. The number of nitrogens with zero attached hydrogens (tertiary/aromatic N) is 3. The largest absolute Gasteiger partial charge is 0.483 e. The van der Waals surface area contributed by atoms with Gasteiger partial charge in [0.15, 0.2) is 12.3 Å². The Bertz CT molecular complexity index is 3120. The summed E-state index contributed by atoms with van der Waals surface area (Å²) >= 11 is 0. The summed E-state index contributed by atoms with van der Waals surface area (Å²) in [4.78, 5) is 78.0. The van der Waals surface area contributed by atoms with Gasteiger partial charge in [0.2, 0.25) is 23.4 Å². The minimum absolute atomic E-state index is 0.000396. The molecule has 7 rings (SSSR count). The van der Waals surface area contributed by atoms with Gasteiger partial charge in [0.05, 0.1) is 39.5 Å². The Hall–Kier alpha value is -6.85.